The minimum absolute atomic E-state index is 0.103. The number of aromatic nitrogens is 1. The Morgan fingerprint density at radius 3 is 2.63 bits per heavy atom. The van der Waals surface area contributed by atoms with E-state index in [9.17, 15) is 9.59 Å². The summed E-state index contributed by atoms with van der Waals surface area (Å²) in [5.41, 5.74) is 0.683. The van der Waals surface area contributed by atoms with Gasteiger partial charge in [-0.25, -0.2) is 4.98 Å². The molecule has 0 saturated heterocycles. The first-order chi connectivity index (χ1) is 8.88. The van der Waals surface area contributed by atoms with Crippen LogP contribution in [0.4, 0.5) is 0 Å². The average Bonchev–Trinajstić information content (AvgIpc) is 2.71. The lowest BCUT2D eigenvalue weighted by Gasteiger charge is -2.14. The molecule has 5 nitrogen and oxygen atoms in total. The van der Waals surface area contributed by atoms with Crippen molar-refractivity contribution in [1.82, 2.24) is 10.3 Å². The van der Waals surface area contributed by atoms with Crippen LogP contribution < -0.4 is 5.32 Å². The molecule has 0 radical (unpaired) electrons. The van der Waals surface area contributed by atoms with E-state index in [2.05, 4.69) is 10.3 Å². The van der Waals surface area contributed by atoms with Crippen molar-refractivity contribution in [3.05, 3.63) is 16.1 Å². The number of hydrogen-bond donors (Lipinski definition) is 1. The molecule has 1 aromatic heterocycles. The van der Waals surface area contributed by atoms with E-state index in [-0.39, 0.29) is 12.3 Å². The van der Waals surface area contributed by atoms with Crippen LogP contribution in [0.1, 0.15) is 31.5 Å². The molecule has 1 amide bonds. The highest BCUT2D eigenvalue weighted by atomic mass is 32.1. The third-order valence-corrected chi connectivity index (χ3v) is 3.18. The van der Waals surface area contributed by atoms with Gasteiger partial charge in [-0.2, -0.15) is 0 Å². The van der Waals surface area contributed by atoms with Gasteiger partial charge >= 0.3 is 5.97 Å². The second kappa shape index (κ2) is 7.23. The van der Waals surface area contributed by atoms with Crippen molar-refractivity contribution in [2.45, 2.75) is 40.2 Å². The number of amides is 1. The largest absolute Gasteiger partial charge is 0.452 e. The normalized spacial score (nSPS) is 12.3. The van der Waals surface area contributed by atoms with Gasteiger partial charge in [0.25, 0.3) is 5.91 Å². The van der Waals surface area contributed by atoms with Crippen LogP contribution in [0.15, 0.2) is 5.38 Å². The number of thiazole rings is 1. The number of carbonyl (C=O) groups is 2. The van der Waals surface area contributed by atoms with Crippen molar-refractivity contribution >= 4 is 23.2 Å². The second-order valence-corrected chi connectivity index (χ2v) is 5.87. The van der Waals surface area contributed by atoms with Crippen molar-refractivity contribution in [2.24, 2.45) is 5.92 Å². The standard InChI is InChI=1S/C13H20N2O3S/c1-8(2)6-14-13(17)9(3)18-12(16)5-11-7-19-10(4)15-11/h7-9H,5-6H2,1-4H3,(H,14,17). The Hall–Kier alpha value is -1.43. The van der Waals surface area contributed by atoms with E-state index in [1.165, 1.54) is 11.3 Å². The van der Waals surface area contributed by atoms with Gasteiger partial charge in [-0.15, -0.1) is 11.3 Å². The molecule has 0 bridgehead atoms. The summed E-state index contributed by atoms with van der Waals surface area (Å²) in [5, 5.41) is 5.45. The van der Waals surface area contributed by atoms with E-state index >= 15 is 0 Å². The van der Waals surface area contributed by atoms with Gasteiger partial charge in [0.05, 0.1) is 17.1 Å². The molecule has 1 heterocycles. The molecular formula is C13H20N2O3S. The van der Waals surface area contributed by atoms with Crippen LogP contribution in [-0.4, -0.2) is 29.5 Å². The fraction of sp³-hybridized carbons (Fsp3) is 0.615. The van der Waals surface area contributed by atoms with Crippen molar-refractivity contribution in [1.29, 1.82) is 0 Å². The second-order valence-electron chi connectivity index (χ2n) is 4.81. The fourth-order valence-electron chi connectivity index (χ4n) is 1.38. The van der Waals surface area contributed by atoms with Crippen molar-refractivity contribution in [3.8, 4) is 0 Å². The quantitative estimate of drug-likeness (QED) is 0.807. The first-order valence-electron chi connectivity index (χ1n) is 6.26. The van der Waals surface area contributed by atoms with Crippen LogP contribution in [-0.2, 0) is 20.7 Å². The third kappa shape index (κ3) is 5.83. The molecule has 1 aromatic rings. The highest BCUT2D eigenvalue weighted by Gasteiger charge is 2.18. The number of hydrogen-bond acceptors (Lipinski definition) is 5. The molecule has 0 aliphatic carbocycles. The molecule has 1 unspecified atom stereocenters. The molecule has 0 aliphatic heterocycles. The maximum absolute atomic E-state index is 11.6. The minimum atomic E-state index is -0.772. The van der Waals surface area contributed by atoms with Crippen LogP contribution in [0.25, 0.3) is 0 Å². The molecule has 0 aromatic carbocycles. The zero-order chi connectivity index (χ0) is 14.4. The van der Waals surface area contributed by atoms with Crippen molar-refractivity contribution in [3.63, 3.8) is 0 Å². The molecule has 0 fully saturated rings. The fourth-order valence-corrected chi connectivity index (χ4v) is 1.99. The minimum Gasteiger partial charge on any atom is -0.452 e. The smallest absolute Gasteiger partial charge is 0.312 e. The van der Waals surface area contributed by atoms with Gasteiger partial charge in [-0.05, 0) is 19.8 Å². The van der Waals surface area contributed by atoms with E-state index in [0.717, 1.165) is 5.01 Å². The third-order valence-electron chi connectivity index (χ3n) is 2.35. The number of ether oxygens (including phenoxy) is 1. The molecule has 1 rings (SSSR count). The van der Waals surface area contributed by atoms with Gasteiger partial charge < -0.3 is 10.1 Å². The van der Waals surface area contributed by atoms with Gasteiger partial charge in [0.2, 0.25) is 0 Å². The molecule has 106 valence electrons. The van der Waals surface area contributed by atoms with E-state index in [1.807, 2.05) is 26.2 Å². The van der Waals surface area contributed by atoms with Crippen LogP contribution in [0.5, 0.6) is 0 Å². The zero-order valence-corrected chi connectivity index (χ0v) is 12.5. The number of nitrogens with one attached hydrogen (secondary N) is 1. The topological polar surface area (TPSA) is 68.3 Å². The molecule has 0 spiro atoms. The molecular weight excluding hydrogens is 264 g/mol. The summed E-state index contributed by atoms with van der Waals surface area (Å²) in [4.78, 5) is 27.5. The summed E-state index contributed by atoms with van der Waals surface area (Å²) in [6.07, 6.45) is -0.669. The lowest BCUT2D eigenvalue weighted by molar-refractivity contribution is -0.154. The molecule has 1 N–H and O–H groups in total. The predicted octanol–water partition coefficient (Wildman–Crippen LogP) is 1.70. The van der Waals surface area contributed by atoms with Crippen LogP contribution in [0.3, 0.4) is 0 Å². The zero-order valence-electron chi connectivity index (χ0n) is 11.7. The number of esters is 1. The van der Waals surface area contributed by atoms with Crippen LogP contribution >= 0.6 is 11.3 Å². The Morgan fingerprint density at radius 1 is 1.42 bits per heavy atom. The molecule has 0 aliphatic rings. The SMILES string of the molecule is Cc1nc(CC(=O)OC(C)C(=O)NCC(C)C)cs1. The highest BCUT2D eigenvalue weighted by Crippen LogP contribution is 2.09. The van der Waals surface area contributed by atoms with E-state index in [0.29, 0.717) is 18.2 Å². The van der Waals surface area contributed by atoms with Gasteiger partial charge in [0, 0.05) is 11.9 Å². The summed E-state index contributed by atoms with van der Waals surface area (Å²) >= 11 is 1.48. The number of rotatable bonds is 6. The summed E-state index contributed by atoms with van der Waals surface area (Å²) in [6, 6.07) is 0. The maximum Gasteiger partial charge on any atom is 0.312 e. The lowest BCUT2D eigenvalue weighted by Crippen LogP contribution is -2.37. The first-order valence-corrected chi connectivity index (χ1v) is 7.14. The molecule has 19 heavy (non-hydrogen) atoms. The van der Waals surface area contributed by atoms with Crippen LogP contribution in [0, 0.1) is 12.8 Å². The van der Waals surface area contributed by atoms with Gasteiger partial charge in [-0.1, -0.05) is 13.8 Å². The number of nitrogens with zero attached hydrogens (tertiary/aromatic N) is 1. The Bertz CT molecular complexity index is 443. The van der Waals surface area contributed by atoms with Gasteiger partial charge in [-0.3, -0.25) is 9.59 Å². The monoisotopic (exact) mass is 284 g/mol. The number of aryl methyl sites for hydroxylation is 1. The summed E-state index contributed by atoms with van der Waals surface area (Å²) in [6.45, 7) is 8.02. The Kier molecular flexibility index (Phi) is 5.95. The molecule has 0 saturated carbocycles. The number of carbonyl (C=O) groups excluding carboxylic acids is 2. The first kappa shape index (κ1) is 15.6. The molecule has 6 heteroatoms. The van der Waals surface area contributed by atoms with E-state index < -0.39 is 12.1 Å². The van der Waals surface area contributed by atoms with E-state index in [4.69, 9.17) is 4.74 Å². The molecule has 1 atom stereocenters. The summed E-state index contributed by atoms with van der Waals surface area (Å²) in [7, 11) is 0. The lowest BCUT2D eigenvalue weighted by atomic mass is 10.2. The van der Waals surface area contributed by atoms with Crippen molar-refractivity contribution in [2.75, 3.05) is 6.54 Å². The Labute approximate surface area is 117 Å². The maximum atomic E-state index is 11.6. The Balaban J connectivity index is 2.37. The predicted molar refractivity (Wildman–Crippen MR) is 74.0 cm³/mol. The summed E-state index contributed by atoms with van der Waals surface area (Å²) in [5.74, 6) is -0.334. The van der Waals surface area contributed by atoms with Gasteiger partial charge in [0.15, 0.2) is 6.10 Å². The van der Waals surface area contributed by atoms with Crippen LogP contribution in [0.2, 0.25) is 0 Å². The average molecular weight is 284 g/mol. The van der Waals surface area contributed by atoms with Gasteiger partial charge in [0.1, 0.15) is 0 Å². The van der Waals surface area contributed by atoms with E-state index in [1.54, 1.807) is 6.92 Å². The highest BCUT2D eigenvalue weighted by molar-refractivity contribution is 7.09. The Morgan fingerprint density at radius 2 is 2.11 bits per heavy atom. The summed E-state index contributed by atoms with van der Waals surface area (Å²) < 4.78 is 5.07. The van der Waals surface area contributed by atoms with Crippen molar-refractivity contribution < 1.29 is 14.3 Å².